The van der Waals surface area contributed by atoms with Crippen molar-refractivity contribution in [2.24, 2.45) is 5.73 Å². The first-order valence-corrected chi connectivity index (χ1v) is 6.21. The monoisotopic (exact) mass is 278 g/mol. The van der Waals surface area contributed by atoms with Gasteiger partial charge in [0.2, 0.25) is 5.88 Å². The number of nitrogens with zero attached hydrogens (tertiary/aromatic N) is 1. The summed E-state index contributed by atoms with van der Waals surface area (Å²) in [6, 6.07) is 9.24. The molecule has 2 aromatic rings. The van der Waals surface area contributed by atoms with E-state index < -0.39 is 0 Å². The number of hydrogen-bond donors (Lipinski definition) is 1. The van der Waals surface area contributed by atoms with Crippen LogP contribution in [-0.2, 0) is 13.2 Å². The zero-order valence-corrected chi connectivity index (χ0v) is 11.4. The van der Waals surface area contributed by atoms with E-state index in [1.165, 1.54) is 0 Å². The molecular formula is C14H15ClN2O2. The van der Waals surface area contributed by atoms with Crippen LogP contribution in [0, 0.1) is 0 Å². The quantitative estimate of drug-likeness (QED) is 0.914. The number of methoxy groups -OCH3 is 1. The molecule has 0 aliphatic rings. The molecule has 0 fully saturated rings. The largest absolute Gasteiger partial charge is 0.487 e. The molecule has 0 aliphatic carbocycles. The molecule has 0 atom stereocenters. The Morgan fingerprint density at radius 3 is 2.84 bits per heavy atom. The summed E-state index contributed by atoms with van der Waals surface area (Å²) in [5, 5.41) is 0.547. The van der Waals surface area contributed by atoms with E-state index in [0.29, 0.717) is 29.8 Å². The van der Waals surface area contributed by atoms with Gasteiger partial charge in [-0.1, -0.05) is 17.7 Å². The maximum Gasteiger partial charge on any atom is 0.219 e. The molecule has 1 aromatic carbocycles. The zero-order chi connectivity index (χ0) is 13.7. The highest BCUT2D eigenvalue weighted by Gasteiger charge is 2.07. The minimum atomic E-state index is 0.346. The fourth-order valence-corrected chi connectivity index (χ4v) is 1.92. The van der Waals surface area contributed by atoms with Crippen LogP contribution in [0.1, 0.15) is 11.1 Å². The number of nitrogens with two attached hydrogens (primary N) is 1. The lowest BCUT2D eigenvalue weighted by atomic mass is 10.2. The summed E-state index contributed by atoms with van der Waals surface area (Å²) in [6.45, 7) is 0.801. The second-order valence-electron chi connectivity index (χ2n) is 3.93. The van der Waals surface area contributed by atoms with Gasteiger partial charge >= 0.3 is 0 Å². The van der Waals surface area contributed by atoms with Gasteiger partial charge in [-0.3, -0.25) is 0 Å². The number of benzene rings is 1. The Hall–Kier alpha value is -1.78. The third-order valence-electron chi connectivity index (χ3n) is 2.66. The average Bonchev–Trinajstić information content (AvgIpc) is 2.46. The van der Waals surface area contributed by atoms with Crippen LogP contribution in [0.4, 0.5) is 0 Å². The van der Waals surface area contributed by atoms with Crippen LogP contribution in [0.2, 0.25) is 5.02 Å². The van der Waals surface area contributed by atoms with Crippen LogP contribution in [0.25, 0.3) is 0 Å². The first-order chi connectivity index (χ1) is 9.24. The Balaban J connectivity index is 2.10. The number of hydrogen-bond acceptors (Lipinski definition) is 4. The molecule has 100 valence electrons. The predicted molar refractivity (Wildman–Crippen MR) is 74.5 cm³/mol. The van der Waals surface area contributed by atoms with Gasteiger partial charge in [-0.15, -0.1) is 0 Å². The second-order valence-corrected chi connectivity index (χ2v) is 4.34. The highest BCUT2D eigenvalue weighted by molar-refractivity contribution is 6.32. The van der Waals surface area contributed by atoms with Crippen LogP contribution in [0.5, 0.6) is 11.6 Å². The molecule has 0 bridgehead atoms. The molecule has 0 spiro atoms. The number of ether oxygens (including phenoxy) is 2. The topological polar surface area (TPSA) is 57.4 Å². The lowest BCUT2D eigenvalue weighted by Crippen LogP contribution is -2.01. The number of pyridine rings is 1. The minimum absolute atomic E-state index is 0.346. The molecule has 0 saturated carbocycles. The summed E-state index contributed by atoms with van der Waals surface area (Å²) in [5.41, 5.74) is 7.38. The van der Waals surface area contributed by atoms with E-state index in [1.54, 1.807) is 19.4 Å². The van der Waals surface area contributed by atoms with Crippen molar-refractivity contribution in [2.75, 3.05) is 7.11 Å². The van der Waals surface area contributed by atoms with E-state index >= 15 is 0 Å². The first kappa shape index (κ1) is 13.6. The summed E-state index contributed by atoms with van der Waals surface area (Å²) in [7, 11) is 1.58. The average molecular weight is 279 g/mol. The molecule has 0 aliphatic heterocycles. The van der Waals surface area contributed by atoms with Crippen molar-refractivity contribution in [3.8, 4) is 11.6 Å². The molecule has 1 heterocycles. The maximum absolute atomic E-state index is 6.12. The van der Waals surface area contributed by atoms with Crippen LogP contribution in [-0.4, -0.2) is 12.1 Å². The van der Waals surface area contributed by atoms with E-state index in [0.717, 1.165) is 11.1 Å². The van der Waals surface area contributed by atoms with Crippen molar-refractivity contribution in [3.63, 3.8) is 0 Å². The molecule has 0 saturated heterocycles. The molecule has 2 N–H and O–H groups in total. The number of halogens is 1. The van der Waals surface area contributed by atoms with Crippen LogP contribution >= 0.6 is 11.6 Å². The molecule has 0 unspecified atom stereocenters. The van der Waals surface area contributed by atoms with Crippen LogP contribution in [0.15, 0.2) is 36.5 Å². The van der Waals surface area contributed by atoms with E-state index in [4.69, 9.17) is 26.8 Å². The third-order valence-corrected chi connectivity index (χ3v) is 2.95. The highest BCUT2D eigenvalue weighted by atomic mass is 35.5. The van der Waals surface area contributed by atoms with Gasteiger partial charge in [-0.2, -0.15) is 0 Å². The van der Waals surface area contributed by atoms with E-state index in [-0.39, 0.29) is 0 Å². The minimum Gasteiger partial charge on any atom is -0.487 e. The van der Waals surface area contributed by atoms with Gasteiger partial charge in [-0.25, -0.2) is 4.98 Å². The summed E-state index contributed by atoms with van der Waals surface area (Å²) >= 11 is 6.12. The molecule has 4 nitrogen and oxygen atoms in total. The Morgan fingerprint density at radius 1 is 1.32 bits per heavy atom. The first-order valence-electron chi connectivity index (χ1n) is 5.83. The summed E-state index contributed by atoms with van der Waals surface area (Å²) in [4.78, 5) is 4.11. The van der Waals surface area contributed by atoms with Gasteiger partial charge in [0, 0.05) is 12.7 Å². The SMILES string of the molecule is COc1ncccc1COc1ccc(CN)cc1Cl. The van der Waals surface area contributed by atoms with E-state index in [1.807, 2.05) is 24.3 Å². The van der Waals surface area contributed by atoms with Crippen molar-refractivity contribution >= 4 is 11.6 Å². The van der Waals surface area contributed by atoms with Gasteiger partial charge in [0.1, 0.15) is 12.4 Å². The predicted octanol–water partition coefficient (Wildman–Crippen LogP) is 2.78. The van der Waals surface area contributed by atoms with Crippen molar-refractivity contribution in [2.45, 2.75) is 13.2 Å². The molecular weight excluding hydrogens is 264 g/mol. The standard InChI is InChI=1S/C14H15ClN2O2/c1-18-14-11(3-2-6-17-14)9-19-13-5-4-10(8-16)7-12(13)15/h2-7H,8-9,16H2,1H3. The van der Waals surface area contributed by atoms with E-state index in [2.05, 4.69) is 4.98 Å². The lowest BCUT2D eigenvalue weighted by Gasteiger charge is -2.11. The number of aromatic nitrogens is 1. The van der Waals surface area contributed by atoms with Crippen molar-refractivity contribution in [1.82, 2.24) is 4.98 Å². The van der Waals surface area contributed by atoms with Crippen LogP contribution in [0.3, 0.4) is 0 Å². The molecule has 5 heteroatoms. The summed E-state index contributed by atoms with van der Waals surface area (Å²) in [6.07, 6.45) is 1.67. The van der Waals surface area contributed by atoms with Crippen LogP contribution < -0.4 is 15.2 Å². The maximum atomic E-state index is 6.12. The van der Waals surface area contributed by atoms with Crippen molar-refractivity contribution in [1.29, 1.82) is 0 Å². The van der Waals surface area contributed by atoms with E-state index in [9.17, 15) is 0 Å². The smallest absolute Gasteiger partial charge is 0.219 e. The highest BCUT2D eigenvalue weighted by Crippen LogP contribution is 2.27. The summed E-state index contributed by atoms with van der Waals surface area (Å²) < 4.78 is 10.8. The van der Waals surface area contributed by atoms with Crippen molar-refractivity contribution in [3.05, 3.63) is 52.7 Å². The Morgan fingerprint density at radius 2 is 2.16 bits per heavy atom. The Labute approximate surface area is 117 Å². The normalized spacial score (nSPS) is 10.3. The van der Waals surface area contributed by atoms with Gasteiger partial charge in [0.05, 0.1) is 17.7 Å². The third kappa shape index (κ3) is 3.36. The zero-order valence-electron chi connectivity index (χ0n) is 10.6. The van der Waals surface area contributed by atoms with Gasteiger partial charge in [0.15, 0.2) is 0 Å². The lowest BCUT2D eigenvalue weighted by molar-refractivity contribution is 0.294. The second kappa shape index (κ2) is 6.41. The molecule has 19 heavy (non-hydrogen) atoms. The Bertz CT molecular complexity index is 561. The fraction of sp³-hybridized carbons (Fsp3) is 0.214. The molecule has 0 radical (unpaired) electrons. The van der Waals surface area contributed by atoms with Gasteiger partial charge < -0.3 is 15.2 Å². The Kier molecular flexibility index (Phi) is 4.60. The fourth-order valence-electron chi connectivity index (χ4n) is 1.66. The summed E-state index contributed by atoms with van der Waals surface area (Å²) in [5.74, 6) is 1.17. The molecule has 0 amide bonds. The van der Waals surface area contributed by atoms with Crippen molar-refractivity contribution < 1.29 is 9.47 Å². The number of rotatable bonds is 5. The van der Waals surface area contributed by atoms with Gasteiger partial charge in [-0.05, 0) is 29.8 Å². The van der Waals surface area contributed by atoms with Gasteiger partial charge in [0.25, 0.3) is 0 Å². The molecule has 2 rings (SSSR count). The molecule has 1 aromatic heterocycles.